The zero-order valence-electron chi connectivity index (χ0n) is 9.56. The Balaban J connectivity index is 1.78. The zero-order chi connectivity index (χ0) is 12.4. The maximum absolute atomic E-state index is 5.90. The first-order valence-corrected chi connectivity index (χ1v) is 6.83. The smallest absolute Gasteiger partial charge is 0.0931 e. The molecule has 3 aromatic rings. The lowest BCUT2D eigenvalue weighted by molar-refractivity contribution is 1.19. The highest BCUT2D eigenvalue weighted by Gasteiger charge is 1.99. The van der Waals surface area contributed by atoms with Gasteiger partial charge in [0.25, 0.3) is 0 Å². The van der Waals surface area contributed by atoms with Crippen LogP contribution >= 0.6 is 22.9 Å². The average molecular weight is 275 g/mol. The first-order valence-electron chi connectivity index (χ1n) is 5.64. The van der Waals surface area contributed by atoms with E-state index in [2.05, 4.69) is 22.4 Å². The van der Waals surface area contributed by atoms with Gasteiger partial charge in [-0.3, -0.25) is 4.98 Å². The van der Waals surface area contributed by atoms with Crippen molar-refractivity contribution in [2.75, 3.05) is 5.32 Å². The van der Waals surface area contributed by atoms with Crippen LogP contribution in [0.3, 0.4) is 0 Å². The number of anilines is 1. The SMILES string of the molecule is Clc1ccc(CNc2ccc3ncccc3c2)s1. The summed E-state index contributed by atoms with van der Waals surface area (Å²) in [6.45, 7) is 0.795. The molecule has 1 aromatic carbocycles. The maximum atomic E-state index is 5.90. The number of aromatic nitrogens is 1. The van der Waals surface area contributed by atoms with E-state index in [1.807, 2.05) is 36.5 Å². The molecule has 2 aromatic heterocycles. The Kier molecular flexibility index (Phi) is 3.17. The van der Waals surface area contributed by atoms with Crippen molar-refractivity contribution in [1.82, 2.24) is 4.98 Å². The maximum Gasteiger partial charge on any atom is 0.0931 e. The predicted octanol–water partition coefficient (Wildman–Crippen LogP) is 4.56. The van der Waals surface area contributed by atoms with Gasteiger partial charge in [0.2, 0.25) is 0 Å². The number of nitrogens with zero attached hydrogens (tertiary/aromatic N) is 1. The van der Waals surface area contributed by atoms with Crippen molar-refractivity contribution < 1.29 is 0 Å². The second-order valence-electron chi connectivity index (χ2n) is 3.97. The summed E-state index contributed by atoms with van der Waals surface area (Å²) in [5, 5.41) is 4.54. The molecule has 0 unspecified atom stereocenters. The van der Waals surface area contributed by atoms with Crippen molar-refractivity contribution in [3.8, 4) is 0 Å². The molecule has 0 aliphatic heterocycles. The third-order valence-corrected chi connectivity index (χ3v) is 3.93. The van der Waals surface area contributed by atoms with Crippen LogP contribution in [0.4, 0.5) is 5.69 Å². The zero-order valence-corrected chi connectivity index (χ0v) is 11.1. The number of nitrogens with one attached hydrogen (secondary N) is 1. The lowest BCUT2D eigenvalue weighted by atomic mass is 10.2. The summed E-state index contributed by atoms with van der Waals surface area (Å²) in [5.74, 6) is 0. The third-order valence-electron chi connectivity index (χ3n) is 2.70. The molecule has 1 N–H and O–H groups in total. The van der Waals surface area contributed by atoms with E-state index in [1.54, 1.807) is 11.3 Å². The first-order chi connectivity index (χ1) is 8.81. The molecule has 0 aliphatic rings. The van der Waals surface area contributed by atoms with Gasteiger partial charge in [-0.05, 0) is 36.4 Å². The van der Waals surface area contributed by atoms with Crippen molar-refractivity contribution in [2.45, 2.75) is 6.54 Å². The van der Waals surface area contributed by atoms with Crippen LogP contribution in [0.1, 0.15) is 4.88 Å². The minimum absolute atomic E-state index is 0.795. The minimum atomic E-state index is 0.795. The molecule has 18 heavy (non-hydrogen) atoms. The molecular formula is C14H11ClN2S. The van der Waals surface area contributed by atoms with Gasteiger partial charge in [0, 0.05) is 28.7 Å². The van der Waals surface area contributed by atoms with Gasteiger partial charge in [0.15, 0.2) is 0 Å². The largest absolute Gasteiger partial charge is 0.380 e. The van der Waals surface area contributed by atoms with E-state index >= 15 is 0 Å². The van der Waals surface area contributed by atoms with Gasteiger partial charge in [0.05, 0.1) is 9.85 Å². The summed E-state index contributed by atoms with van der Waals surface area (Å²) in [6, 6.07) is 14.2. The molecule has 90 valence electrons. The average Bonchev–Trinajstić information content (AvgIpc) is 2.82. The van der Waals surface area contributed by atoms with Crippen molar-refractivity contribution in [1.29, 1.82) is 0 Å². The highest BCUT2D eigenvalue weighted by atomic mass is 35.5. The van der Waals surface area contributed by atoms with Crippen molar-refractivity contribution in [3.63, 3.8) is 0 Å². The highest BCUT2D eigenvalue weighted by molar-refractivity contribution is 7.16. The van der Waals surface area contributed by atoms with Gasteiger partial charge in [-0.15, -0.1) is 11.3 Å². The van der Waals surface area contributed by atoms with E-state index in [9.17, 15) is 0 Å². The number of fused-ring (bicyclic) bond motifs is 1. The number of benzene rings is 1. The van der Waals surface area contributed by atoms with Crippen LogP contribution in [0.5, 0.6) is 0 Å². The van der Waals surface area contributed by atoms with Crippen molar-refractivity contribution in [3.05, 3.63) is 57.9 Å². The first kappa shape index (κ1) is 11.5. The minimum Gasteiger partial charge on any atom is -0.380 e. The molecule has 0 amide bonds. The summed E-state index contributed by atoms with van der Waals surface area (Å²) >= 11 is 7.50. The number of pyridine rings is 1. The summed E-state index contributed by atoms with van der Waals surface area (Å²) in [4.78, 5) is 5.53. The van der Waals surface area contributed by atoms with E-state index in [-0.39, 0.29) is 0 Å². The summed E-state index contributed by atoms with van der Waals surface area (Å²) in [6.07, 6.45) is 1.81. The molecule has 0 spiro atoms. The van der Waals surface area contributed by atoms with Gasteiger partial charge in [-0.2, -0.15) is 0 Å². The Bertz CT molecular complexity index is 678. The fourth-order valence-corrected chi connectivity index (χ4v) is 2.85. The molecule has 0 saturated carbocycles. The quantitative estimate of drug-likeness (QED) is 0.757. The Morgan fingerprint density at radius 2 is 2.11 bits per heavy atom. The lowest BCUT2D eigenvalue weighted by Crippen LogP contribution is -1.97. The molecule has 0 saturated heterocycles. The van der Waals surface area contributed by atoms with Gasteiger partial charge in [-0.25, -0.2) is 0 Å². The lowest BCUT2D eigenvalue weighted by Gasteiger charge is -2.05. The molecule has 3 rings (SSSR count). The van der Waals surface area contributed by atoms with E-state index in [0.29, 0.717) is 0 Å². The van der Waals surface area contributed by atoms with Crippen LogP contribution in [0.2, 0.25) is 4.34 Å². The Morgan fingerprint density at radius 3 is 2.94 bits per heavy atom. The molecule has 2 nitrogen and oxygen atoms in total. The van der Waals surface area contributed by atoms with Crippen LogP contribution < -0.4 is 5.32 Å². The van der Waals surface area contributed by atoms with Gasteiger partial charge in [0.1, 0.15) is 0 Å². The Morgan fingerprint density at radius 1 is 1.17 bits per heavy atom. The molecule has 0 bridgehead atoms. The summed E-state index contributed by atoms with van der Waals surface area (Å²) in [7, 11) is 0. The van der Waals surface area contributed by atoms with Gasteiger partial charge < -0.3 is 5.32 Å². The van der Waals surface area contributed by atoms with E-state index in [4.69, 9.17) is 11.6 Å². The number of thiophene rings is 1. The van der Waals surface area contributed by atoms with Crippen LogP contribution in [0.25, 0.3) is 10.9 Å². The molecule has 0 radical (unpaired) electrons. The van der Waals surface area contributed by atoms with Crippen molar-refractivity contribution in [2.24, 2.45) is 0 Å². The number of hydrogen-bond donors (Lipinski definition) is 1. The van der Waals surface area contributed by atoms with E-state index in [0.717, 1.165) is 27.5 Å². The fourth-order valence-electron chi connectivity index (χ4n) is 1.82. The molecule has 0 atom stereocenters. The molecule has 0 aliphatic carbocycles. The normalized spacial score (nSPS) is 10.7. The standard InChI is InChI=1S/C14H11ClN2S/c15-14-6-4-12(18-14)9-17-11-3-5-13-10(8-11)2-1-7-16-13/h1-8,17H,9H2. The Hall–Kier alpha value is -1.58. The molecule has 0 fully saturated rings. The number of halogens is 1. The van der Waals surface area contributed by atoms with Crippen molar-refractivity contribution >= 4 is 39.5 Å². The van der Waals surface area contributed by atoms with Crippen LogP contribution in [-0.4, -0.2) is 4.98 Å². The Labute approximate surface area is 114 Å². The monoisotopic (exact) mass is 274 g/mol. The van der Waals surface area contributed by atoms with E-state index in [1.165, 1.54) is 4.88 Å². The number of hydrogen-bond acceptors (Lipinski definition) is 3. The third kappa shape index (κ3) is 2.47. The molecule has 2 heterocycles. The molecular weight excluding hydrogens is 264 g/mol. The van der Waals surface area contributed by atoms with Crippen LogP contribution in [-0.2, 0) is 6.54 Å². The fraction of sp³-hybridized carbons (Fsp3) is 0.0714. The van der Waals surface area contributed by atoms with Crippen LogP contribution in [0, 0.1) is 0 Å². The highest BCUT2D eigenvalue weighted by Crippen LogP contribution is 2.23. The van der Waals surface area contributed by atoms with E-state index < -0.39 is 0 Å². The predicted molar refractivity (Wildman–Crippen MR) is 78.4 cm³/mol. The molecule has 4 heteroatoms. The topological polar surface area (TPSA) is 24.9 Å². The van der Waals surface area contributed by atoms with Gasteiger partial charge >= 0.3 is 0 Å². The van der Waals surface area contributed by atoms with Gasteiger partial charge in [-0.1, -0.05) is 17.7 Å². The summed E-state index contributed by atoms with van der Waals surface area (Å²) < 4.78 is 0.828. The number of rotatable bonds is 3. The second kappa shape index (κ2) is 4.96. The van der Waals surface area contributed by atoms with Crippen LogP contribution in [0.15, 0.2) is 48.7 Å². The summed E-state index contributed by atoms with van der Waals surface area (Å²) in [5.41, 5.74) is 2.11. The second-order valence-corrected chi connectivity index (χ2v) is 5.77.